The standard InChI is InChI=1S/C13H15F2N3O/c1-16-12(10-7-17-18(2)8-10)9-4-3-5-11(6-9)19-13(14)15/h3-8,12-13,16H,1-2H3. The normalized spacial score (nSPS) is 12.7. The van der Waals surface area contributed by atoms with E-state index in [2.05, 4.69) is 15.2 Å². The molecule has 0 radical (unpaired) electrons. The highest BCUT2D eigenvalue weighted by atomic mass is 19.3. The molecule has 4 nitrogen and oxygen atoms in total. The minimum Gasteiger partial charge on any atom is -0.435 e. The largest absolute Gasteiger partial charge is 0.435 e. The molecule has 6 heteroatoms. The van der Waals surface area contributed by atoms with Crippen LogP contribution in [0.1, 0.15) is 17.2 Å². The van der Waals surface area contributed by atoms with Gasteiger partial charge in [-0.15, -0.1) is 0 Å². The average Bonchev–Trinajstić information content (AvgIpc) is 2.76. The summed E-state index contributed by atoms with van der Waals surface area (Å²) in [5, 5.41) is 7.24. The number of nitrogens with zero attached hydrogens (tertiary/aromatic N) is 2. The highest BCUT2D eigenvalue weighted by Crippen LogP contribution is 2.25. The zero-order chi connectivity index (χ0) is 13.8. The maximum atomic E-state index is 12.2. The Bertz CT molecular complexity index is 542. The van der Waals surface area contributed by atoms with Crippen LogP contribution in [0.5, 0.6) is 5.75 Å². The Kier molecular flexibility index (Phi) is 4.11. The van der Waals surface area contributed by atoms with Crippen LogP contribution in [0, 0.1) is 0 Å². The van der Waals surface area contributed by atoms with Gasteiger partial charge in [0.25, 0.3) is 0 Å². The molecular formula is C13H15F2N3O. The van der Waals surface area contributed by atoms with Gasteiger partial charge in [-0.05, 0) is 24.7 Å². The lowest BCUT2D eigenvalue weighted by atomic mass is 10.0. The highest BCUT2D eigenvalue weighted by molar-refractivity contribution is 5.35. The van der Waals surface area contributed by atoms with Gasteiger partial charge in [0.2, 0.25) is 0 Å². The van der Waals surface area contributed by atoms with Crippen LogP contribution in [0.2, 0.25) is 0 Å². The lowest BCUT2D eigenvalue weighted by Crippen LogP contribution is -2.17. The van der Waals surface area contributed by atoms with Crippen LogP contribution in [-0.2, 0) is 7.05 Å². The van der Waals surface area contributed by atoms with Gasteiger partial charge in [0.15, 0.2) is 0 Å². The van der Waals surface area contributed by atoms with E-state index < -0.39 is 6.61 Å². The first-order valence-electron chi connectivity index (χ1n) is 5.80. The number of benzene rings is 1. The van der Waals surface area contributed by atoms with Gasteiger partial charge in [-0.2, -0.15) is 13.9 Å². The Morgan fingerprint density at radius 1 is 1.32 bits per heavy atom. The minimum atomic E-state index is -2.82. The number of halogens is 2. The Hall–Kier alpha value is -1.95. The SMILES string of the molecule is CNC(c1cccc(OC(F)F)c1)c1cnn(C)c1. The number of hydrogen-bond acceptors (Lipinski definition) is 3. The highest BCUT2D eigenvalue weighted by Gasteiger charge is 2.15. The van der Waals surface area contributed by atoms with E-state index in [-0.39, 0.29) is 11.8 Å². The summed E-state index contributed by atoms with van der Waals surface area (Å²) in [7, 11) is 3.63. The quantitative estimate of drug-likeness (QED) is 0.903. The van der Waals surface area contributed by atoms with Gasteiger partial charge < -0.3 is 10.1 Å². The second-order valence-electron chi connectivity index (χ2n) is 4.12. The van der Waals surface area contributed by atoms with Gasteiger partial charge >= 0.3 is 6.61 Å². The van der Waals surface area contributed by atoms with Crippen molar-refractivity contribution < 1.29 is 13.5 Å². The molecule has 0 aliphatic heterocycles. The lowest BCUT2D eigenvalue weighted by Gasteiger charge is -2.16. The van der Waals surface area contributed by atoms with Crippen molar-refractivity contribution in [3.8, 4) is 5.75 Å². The van der Waals surface area contributed by atoms with Crippen molar-refractivity contribution >= 4 is 0 Å². The molecule has 2 aromatic rings. The number of hydrogen-bond donors (Lipinski definition) is 1. The molecule has 1 aromatic carbocycles. The summed E-state index contributed by atoms with van der Waals surface area (Å²) in [6, 6.07) is 6.53. The molecule has 19 heavy (non-hydrogen) atoms. The van der Waals surface area contributed by atoms with Crippen LogP contribution in [0.3, 0.4) is 0 Å². The maximum absolute atomic E-state index is 12.2. The summed E-state index contributed by atoms with van der Waals surface area (Å²) >= 11 is 0. The van der Waals surface area contributed by atoms with E-state index in [1.165, 1.54) is 6.07 Å². The first kappa shape index (κ1) is 13.5. The van der Waals surface area contributed by atoms with Crippen molar-refractivity contribution in [3.63, 3.8) is 0 Å². The molecule has 1 aromatic heterocycles. The van der Waals surface area contributed by atoms with Crippen molar-refractivity contribution in [2.45, 2.75) is 12.7 Å². The van der Waals surface area contributed by atoms with Crippen LogP contribution in [0.15, 0.2) is 36.7 Å². The van der Waals surface area contributed by atoms with Gasteiger partial charge in [0.05, 0.1) is 12.2 Å². The first-order valence-corrected chi connectivity index (χ1v) is 5.80. The van der Waals surface area contributed by atoms with E-state index in [0.29, 0.717) is 0 Å². The molecule has 0 bridgehead atoms. The average molecular weight is 267 g/mol. The molecule has 0 saturated carbocycles. The third kappa shape index (κ3) is 3.29. The van der Waals surface area contributed by atoms with Crippen LogP contribution in [0.25, 0.3) is 0 Å². The second-order valence-corrected chi connectivity index (χ2v) is 4.12. The fourth-order valence-electron chi connectivity index (χ4n) is 1.99. The summed E-state index contributed by atoms with van der Waals surface area (Å²) in [6.45, 7) is -2.82. The third-order valence-electron chi connectivity index (χ3n) is 2.76. The summed E-state index contributed by atoms with van der Waals surface area (Å²) in [4.78, 5) is 0. The van der Waals surface area contributed by atoms with Gasteiger partial charge in [0.1, 0.15) is 5.75 Å². The molecule has 102 valence electrons. The second kappa shape index (κ2) is 5.79. The Balaban J connectivity index is 2.28. The van der Waals surface area contributed by atoms with Crippen molar-refractivity contribution in [1.82, 2.24) is 15.1 Å². The molecule has 2 rings (SSSR count). The van der Waals surface area contributed by atoms with Crippen LogP contribution < -0.4 is 10.1 Å². The number of alkyl halides is 2. The molecule has 1 N–H and O–H groups in total. The molecule has 0 amide bonds. The molecule has 0 spiro atoms. The Labute approximate surface area is 110 Å². The van der Waals surface area contributed by atoms with E-state index in [1.54, 1.807) is 30.1 Å². The molecular weight excluding hydrogens is 252 g/mol. The van der Waals surface area contributed by atoms with Crippen molar-refractivity contribution in [2.24, 2.45) is 7.05 Å². The van der Waals surface area contributed by atoms with E-state index >= 15 is 0 Å². The van der Waals surface area contributed by atoms with E-state index in [1.807, 2.05) is 19.3 Å². The summed E-state index contributed by atoms with van der Waals surface area (Å²) in [6.07, 6.45) is 3.61. The fraction of sp³-hybridized carbons (Fsp3) is 0.308. The molecule has 1 unspecified atom stereocenters. The summed E-state index contributed by atoms with van der Waals surface area (Å²) in [5.74, 6) is 0.150. The van der Waals surface area contributed by atoms with Gasteiger partial charge in [-0.25, -0.2) is 0 Å². The number of rotatable bonds is 5. The number of aryl methyl sites for hydroxylation is 1. The molecule has 1 atom stereocenters. The van der Waals surface area contributed by atoms with E-state index in [9.17, 15) is 8.78 Å². The van der Waals surface area contributed by atoms with Gasteiger partial charge in [-0.1, -0.05) is 12.1 Å². The number of aromatic nitrogens is 2. The monoisotopic (exact) mass is 267 g/mol. The van der Waals surface area contributed by atoms with Crippen LogP contribution >= 0.6 is 0 Å². The topological polar surface area (TPSA) is 39.1 Å². The van der Waals surface area contributed by atoms with E-state index in [0.717, 1.165) is 11.1 Å². The molecule has 1 heterocycles. The van der Waals surface area contributed by atoms with E-state index in [4.69, 9.17) is 0 Å². The lowest BCUT2D eigenvalue weighted by molar-refractivity contribution is -0.0498. The van der Waals surface area contributed by atoms with Gasteiger partial charge in [-0.3, -0.25) is 4.68 Å². The smallest absolute Gasteiger partial charge is 0.387 e. The van der Waals surface area contributed by atoms with Crippen LogP contribution in [-0.4, -0.2) is 23.4 Å². The predicted molar refractivity (Wildman–Crippen MR) is 67.2 cm³/mol. The number of ether oxygens (including phenoxy) is 1. The van der Waals surface area contributed by atoms with Crippen molar-refractivity contribution in [2.75, 3.05) is 7.05 Å². The number of nitrogens with one attached hydrogen (secondary N) is 1. The first-order chi connectivity index (χ1) is 9.10. The van der Waals surface area contributed by atoms with Crippen LogP contribution in [0.4, 0.5) is 8.78 Å². The molecule has 0 fully saturated rings. The maximum Gasteiger partial charge on any atom is 0.387 e. The molecule has 0 aliphatic rings. The zero-order valence-electron chi connectivity index (χ0n) is 10.7. The molecule has 0 saturated heterocycles. The Morgan fingerprint density at radius 2 is 2.11 bits per heavy atom. The fourth-order valence-corrected chi connectivity index (χ4v) is 1.99. The summed E-state index contributed by atoms with van der Waals surface area (Å²) in [5.41, 5.74) is 1.80. The third-order valence-corrected chi connectivity index (χ3v) is 2.76. The predicted octanol–water partition coefficient (Wildman–Crippen LogP) is 2.33. The molecule has 0 aliphatic carbocycles. The minimum absolute atomic E-state index is 0.116. The Morgan fingerprint density at radius 3 is 2.68 bits per heavy atom. The summed E-state index contributed by atoms with van der Waals surface area (Å²) < 4.78 is 30.5. The van der Waals surface area contributed by atoms with Crippen molar-refractivity contribution in [1.29, 1.82) is 0 Å². The van der Waals surface area contributed by atoms with Crippen molar-refractivity contribution in [3.05, 3.63) is 47.8 Å². The zero-order valence-corrected chi connectivity index (χ0v) is 10.7. The van der Waals surface area contributed by atoms with Gasteiger partial charge in [0, 0.05) is 18.8 Å².